The van der Waals surface area contributed by atoms with Crippen LogP contribution in [0, 0.1) is 40.9 Å². The average Bonchev–Trinajstić information content (AvgIpc) is 2.85. The first-order chi connectivity index (χ1) is 18.3. The van der Waals surface area contributed by atoms with Crippen molar-refractivity contribution in [2.24, 2.45) is 40.9 Å². The van der Waals surface area contributed by atoms with E-state index in [0.29, 0.717) is 12.8 Å². The van der Waals surface area contributed by atoms with Gasteiger partial charge < -0.3 is 24.8 Å². The van der Waals surface area contributed by atoms with Crippen molar-refractivity contribution in [3.05, 3.63) is 60.9 Å². The number of hydrogen-bond donors (Lipinski definition) is 3. The number of hydrogen-bond acceptors (Lipinski definition) is 8. The van der Waals surface area contributed by atoms with Gasteiger partial charge in [0.25, 0.3) is 0 Å². The molecule has 3 aliphatic rings. The Bertz CT molecular complexity index is 1160. The number of ether oxygens (including phenoxy) is 2. The Balaban J connectivity index is 1.99. The Labute approximate surface area is 226 Å². The molecule has 39 heavy (non-hydrogen) atoms. The number of Topliss-reactive ketones (excluding diaryl/α,β-unsaturated/α-hetero) is 1. The largest absolute Gasteiger partial charge is 0.478 e. The van der Waals surface area contributed by atoms with Crippen molar-refractivity contribution >= 4 is 29.7 Å². The van der Waals surface area contributed by atoms with Crippen molar-refractivity contribution < 1.29 is 48.8 Å². The molecule has 0 aromatic heterocycles. The monoisotopic (exact) mass is 542 g/mol. The van der Waals surface area contributed by atoms with Crippen LogP contribution in [0.3, 0.4) is 0 Å². The molecule has 9 atom stereocenters. The Morgan fingerprint density at radius 1 is 1.08 bits per heavy atom. The van der Waals surface area contributed by atoms with Gasteiger partial charge >= 0.3 is 23.9 Å². The predicted molar refractivity (Wildman–Crippen MR) is 138 cm³/mol. The van der Waals surface area contributed by atoms with E-state index in [9.17, 15) is 29.1 Å². The smallest absolute Gasteiger partial charge is 0.371 e. The Kier molecular flexibility index (Phi) is 9.11. The van der Waals surface area contributed by atoms with Gasteiger partial charge in [-0.1, -0.05) is 56.4 Å². The molecule has 10 heteroatoms. The minimum Gasteiger partial charge on any atom is -0.478 e. The molecular formula is C29H34O10. The van der Waals surface area contributed by atoms with Gasteiger partial charge in [-0.25, -0.2) is 9.59 Å². The Morgan fingerprint density at radius 2 is 1.74 bits per heavy atom. The normalized spacial score (nSPS) is 35.9. The number of carbonyl (C=O) groups excluding carboxylic acids is 3. The van der Waals surface area contributed by atoms with E-state index in [1.807, 2.05) is 12.2 Å². The van der Waals surface area contributed by atoms with E-state index >= 15 is 0 Å². The number of ketones is 1. The van der Waals surface area contributed by atoms with E-state index in [1.165, 1.54) is 19.1 Å². The number of carboxylic acid groups (broad SMARTS) is 2. The lowest BCUT2D eigenvalue weighted by Gasteiger charge is -2.56. The second-order valence-corrected chi connectivity index (χ2v) is 10.5. The van der Waals surface area contributed by atoms with Gasteiger partial charge in [0.15, 0.2) is 5.78 Å². The van der Waals surface area contributed by atoms with Crippen molar-refractivity contribution in [1.29, 1.82) is 0 Å². The van der Waals surface area contributed by atoms with E-state index in [2.05, 4.69) is 6.58 Å². The maximum Gasteiger partial charge on any atom is 0.371 e. The molecule has 0 amide bonds. The number of allylic oxidation sites excluding steroid dienone is 6. The average molecular weight is 543 g/mol. The molecule has 0 radical (unpaired) electrons. The zero-order valence-electron chi connectivity index (χ0n) is 22.1. The molecule has 0 bridgehead atoms. The number of carbonyl (C=O) groups is 5. The summed E-state index contributed by atoms with van der Waals surface area (Å²) in [5.74, 6) is -8.97. The zero-order chi connectivity index (χ0) is 29.1. The fourth-order valence-corrected chi connectivity index (χ4v) is 6.25. The molecule has 3 aliphatic carbocycles. The SMILES string of the molecule is C=C(OC(=O)[C@@H]1C(=O)[C@@]2(C)[C@@H](C=C[C@H]3[C@H](O)[C@@H](C)[C@H](OC(C)=O)C[C@@H]32)C[C@H]1\C=C/C=C\C=C/C(=O)O)C(=O)O. The number of esters is 2. The second kappa shape index (κ2) is 11.9. The van der Waals surface area contributed by atoms with Crippen LogP contribution < -0.4 is 0 Å². The van der Waals surface area contributed by atoms with E-state index in [-0.39, 0.29) is 11.8 Å². The topological polar surface area (TPSA) is 164 Å². The predicted octanol–water partition coefficient (Wildman–Crippen LogP) is 2.84. The van der Waals surface area contributed by atoms with Crippen LogP contribution in [0.15, 0.2) is 60.9 Å². The van der Waals surface area contributed by atoms with Crippen molar-refractivity contribution in [3.8, 4) is 0 Å². The van der Waals surface area contributed by atoms with Crippen LogP contribution >= 0.6 is 0 Å². The molecule has 3 N–H and O–H groups in total. The molecule has 0 spiro atoms. The first kappa shape index (κ1) is 29.8. The number of aliphatic hydroxyl groups is 1. The fourth-order valence-electron chi connectivity index (χ4n) is 6.25. The number of aliphatic hydroxyl groups excluding tert-OH is 1. The van der Waals surface area contributed by atoms with Crippen molar-refractivity contribution in [2.75, 3.05) is 0 Å². The third kappa shape index (κ3) is 6.11. The third-order valence-electron chi connectivity index (χ3n) is 8.31. The maximum absolute atomic E-state index is 14.2. The van der Waals surface area contributed by atoms with Crippen LogP contribution in [0.5, 0.6) is 0 Å². The summed E-state index contributed by atoms with van der Waals surface area (Å²) in [6.45, 7) is 8.06. The summed E-state index contributed by atoms with van der Waals surface area (Å²) in [5, 5.41) is 28.9. The molecule has 0 aromatic rings. The van der Waals surface area contributed by atoms with Gasteiger partial charge in [0, 0.05) is 30.3 Å². The Hall–Kier alpha value is -3.79. The lowest BCUT2D eigenvalue weighted by Crippen LogP contribution is -2.61. The van der Waals surface area contributed by atoms with E-state index in [4.69, 9.17) is 19.7 Å². The maximum atomic E-state index is 14.2. The van der Waals surface area contributed by atoms with Gasteiger partial charge in [0.2, 0.25) is 5.76 Å². The molecule has 0 aromatic carbocycles. The van der Waals surface area contributed by atoms with Gasteiger partial charge in [-0.3, -0.25) is 14.4 Å². The molecule has 2 saturated carbocycles. The summed E-state index contributed by atoms with van der Waals surface area (Å²) in [4.78, 5) is 61.1. The van der Waals surface area contributed by atoms with E-state index in [0.717, 1.165) is 6.08 Å². The van der Waals surface area contributed by atoms with Gasteiger partial charge in [0.1, 0.15) is 12.0 Å². The quantitative estimate of drug-likeness (QED) is 0.104. The molecule has 0 heterocycles. The highest BCUT2D eigenvalue weighted by Crippen LogP contribution is 2.58. The van der Waals surface area contributed by atoms with Crippen LogP contribution in [0.25, 0.3) is 0 Å². The lowest BCUT2D eigenvalue weighted by molar-refractivity contribution is -0.175. The molecule has 2 fully saturated rings. The first-order valence-electron chi connectivity index (χ1n) is 12.7. The number of rotatable bonds is 8. The van der Waals surface area contributed by atoms with Gasteiger partial charge in [-0.05, 0) is 37.2 Å². The fraction of sp³-hybridized carbons (Fsp3) is 0.483. The molecule has 0 aliphatic heterocycles. The minimum absolute atomic E-state index is 0.314. The zero-order valence-corrected chi connectivity index (χ0v) is 22.1. The highest BCUT2D eigenvalue weighted by atomic mass is 16.6. The molecule has 210 valence electrons. The minimum atomic E-state index is -1.54. The summed E-state index contributed by atoms with van der Waals surface area (Å²) in [6.07, 6.45) is 11.5. The van der Waals surface area contributed by atoms with Crippen molar-refractivity contribution in [2.45, 2.75) is 45.8 Å². The van der Waals surface area contributed by atoms with Crippen LogP contribution in [-0.4, -0.2) is 57.2 Å². The number of carboxylic acids is 2. The van der Waals surface area contributed by atoms with Gasteiger partial charge in [-0.2, -0.15) is 0 Å². The lowest BCUT2D eigenvalue weighted by atomic mass is 9.47. The van der Waals surface area contributed by atoms with Crippen molar-refractivity contribution in [3.63, 3.8) is 0 Å². The molecule has 0 saturated heterocycles. The van der Waals surface area contributed by atoms with Crippen molar-refractivity contribution in [1.82, 2.24) is 0 Å². The third-order valence-corrected chi connectivity index (χ3v) is 8.31. The molecule has 10 nitrogen and oxygen atoms in total. The summed E-state index contributed by atoms with van der Waals surface area (Å²) in [5.41, 5.74) is -1.13. The number of fused-ring (bicyclic) bond motifs is 3. The molecule has 0 unspecified atom stereocenters. The highest BCUT2D eigenvalue weighted by Gasteiger charge is 2.62. The van der Waals surface area contributed by atoms with E-state index < -0.39 is 76.7 Å². The van der Waals surface area contributed by atoms with Gasteiger partial charge in [0.05, 0.1) is 6.10 Å². The van der Waals surface area contributed by atoms with E-state index in [1.54, 1.807) is 32.1 Å². The number of aliphatic carboxylic acids is 2. The standard InChI is InChI=1S/C29H34O10/c1-15-22(39-17(3)30)14-21-20(25(15)33)12-11-19-13-18(9-7-5-6-8-10-23(31)32)24(26(34)29(19,21)4)28(37)38-16(2)27(35)36/h5-12,15,18-22,24-25,33H,2,13-14H2,1,3-4H3,(H,31,32)(H,35,36)/b6-5-,9-7-,10-8-/t15-,18+,19-,20+,21-,22+,24-,25+,29-/m0/s1. The summed E-state index contributed by atoms with van der Waals surface area (Å²) in [6, 6.07) is 0. The van der Waals surface area contributed by atoms with Crippen LogP contribution in [-0.2, 0) is 33.4 Å². The van der Waals surface area contributed by atoms with Gasteiger partial charge in [-0.15, -0.1) is 0 Å². The molecular weight excluding hydrogens is 508 g/mol. The Morgan fingerprint density at radius 3 is 2.36 bits per heavy atom. The highest BCUT2D eigenvalue weighted by molar-refractivity contribution is 6.05. The summed E-state index contributed by atoms with van der Waals surface area (Å²) in [7, 11) is 0. The van der Waals surface area contributed by atoms with Crippen LogP contribution in [0.4, 0.5) is 0 Å². The molecule has 3 rings (SSSR count). The van der Waals surface area contributed by atoms with Crippen LogP contribution in [0.2, 0.25) is 0 Å². The van der Waals surface area contributed by atoms with Crippen LogP contribution in [0.1, 0.15) is 33.6 Å². The second-order valence-electron chi connectivity index (χ2n) is 10.5. The first-order valence-corrected chi connectivity index (χ1v) is 12.7. The summed E-state index contributed by atoms with van der Waals surface area (Å²) >= 11 is 0. The summed E-state index contributed by atoms with van der Waals surface area (Å²) < 4.78 is 10.5.